The van der Waals surface area contributed by atoms with Crippen molar-refractivity contribution in [2.75, 3.05) is 14.2 Å². The van der Waals surface area contributed by atoms with Gasteiger partial charge in [0.25, 0.3) is 0 Å². The number of ether oxygens (including phenoxy) is 3. The van der Waals surface area contributed by atoms with Crippen LogP contribution in [0, 0.1) is 0 Å². The zero-order chi connectivity index (χ0) is 26.6. The SMILES string of the molecule is COC(=O)C[C@@H](CC(=O)OC(C)(C)C)c1ccc(Br)cc1.COC(=O)C[C@@H](Cl)c1ccc(Br)cc1.Cl.N. The highest BCUT2D eigenvalue weighted by molar-refractivity contribution is 9.10. The van der Waals surface area contributed by atoms with E-state index < -0.39 is 5.60 Å². The Kier molecular flexibility index (Phi) is 18.8. The first-order valence-electron chi connectivity index (χ1n) is 10.8. The highest BCUT2D eigenvalue weighted by Crippen LogP contribution is 2.27. The third-order valence-corrected chi connectivity index (χ3v) is 6.08. The molecule has 0 bridgehead atoms. The lowest BCUT2D eigenvalue weighted by Gasteiger charge is -2.22. The van der Waals surface area contributed by atoms with E-state index in [4.69, 9.17) is 21.1 Å². The molecule has 0 radical (unpaired) electrons. The number of hydrogen-bond acceptors (Lipinski definition) is 7. The summed E-state index contributed by atoms with van der Waals surface area (Å²) >= 11 is 12.7. The van der Waals surface area contributed by atoms with Gasteiger partial charge in [-0.1, -0.05) is 56.1 Å². The van der Waals surface area contributed by atoms with E-state index in [0.29, 0.717) is 0 Å². The van der Waals surface area contributed by atoms with Crippen molar-refractivity contribution in [1.82, 2.24) is 6.15 Å². The molecule has 0 aliphatic carbocycles. The molecule has 2 aromatic rings. The maximum atomic E-state index is 12.0. The Morgan fingerprint density at radius 2 is 1.14 bits per heavy atom. The van der Waals surface area contributed by atoms with E-state index in [2.05, 4.69) is 36.6 Å². The minimum absolute atomic E-state index is 0. The third-order valence-electron chi connectivity index (χ3n) is 4.62. The zero-order valence-electron chi connectivity index (χ0n) is 21.6. The van der Waals surface area contributed by atoms with Gasteiger partial charge in [0, 0.05) is 14.9 Å². The van der Waals surface area contributed by atoms with Gasteiger partial charge in [0.2, 0.25) is 0 Å². The third kappa shape index (κ3) is 16.0. The minimum Gasteiger partial charge on any atom is -0.469 e. The highest BCUT2D eigenvalue weighted by atomic mass is 79.9. The van der Waals surface area contributed by atoms with Crippen molar-refractivity contribution in [3.63, 3.8) is 0 Å². The molecule has 2 rings (SSSR count). The second kappa shape index (κ2) is 18.6. The quantitative estimate of drug-likeness (QED) is 0.172. The summed E-state index contributed by atoms with van der Waals surface area (Å²) < 4.78 is 16.5. The number of alkyl halides is 1. The van der Waals surface area contributed by atoms with Gasteiger partial charge in [0.15, 0.2) is 0 Å². The lowest BCUT2D eigenvalue weighted by molar-refractivity contribution is -0.155. The van der Waals surface area contributed by atoms with E-state index in [1.54, 1.807) is 0 Å². The van der Waals surface area contributed by atoms with Crippen molar-refractivity contribution in [3.05, 3.63) is 68.6 Å². The normalized spacial score (nSPS) is 11.8. The van der Waals surface area contributed by atoms with Gasteiger partial charge >= 0.3 is 17.9 Å². The molecule has 0 aromatic heterocycles. The minimum atomic E-state index is -0.535. The van der Waals surface area contributed by atoms with Crippen LogP contribution in [-0.4, -0.2) is 37.7 Å². The Morgan fingerprint density at radius 1 is 0.757 bits per heavy atom. The fourth-order valence-corrected chi connectivity index (χ4v) is 3.73. The zero-order valence-corrected chi connectivity index (χ0v) is 26.3. The lowest BCUT2D eigenvalue weighted by Crippen LogP contribution is -2.25. The average molecular weight is 688 g/mol. The van der Waals surface area contributed by atoms with Crippen molar-refractivity contribution < 1.29 is 28.6 Å². The molecule has 0 unspecified atom stereocenters. The van der Waals surface area contributed by atoms with Gasteiger partial charge in [-0.2, -0.15) is 0 Å². The van der Waals surface area contributed by atoms with Gasteiger partial charge in [-0.05, 0) is 56.2 Å². The molecule has 11 heteroatoms. The first-order valence-corrected chi connectivity index (χ1v) is 12.9. The van der Waals surface area contributed by atoms with Crippen LogP contribution >= 0.6 is 55.9 Å². The number of halogens is 4. The molecule has 3 N–H and O–H groups in total. The molecule has 0 spiro atoms. The van der Waals surface area contributed by atoms with E-state index in [1.807, 2.05) is 69.3 Å². The summed E-state index contributed by atoms with van der Waals surface area (Å²) in [6.45, 7) is 5.46. The fraction of sp³-hybridized carbons (Fsp3) is 0.423. The first kappa shape index (κ1) is 37.5. The average Bonchev–Trinajstić information content (AvgIpc) is 2.78. The van der Waals surface area contributed by atoms with Crippen LogP contribution in [0.25, 0.3) is 0 Å². The number of carbonyl (C=O) groups excluding carboxylic acids is 3. The summed E-state index contributed by atoms with van der Waals surface area (Å²) in [5, 5.41) is -0.324. The van der Waals surface area contributed by atoms with Gasteiger partial charge in [-0.15, -0.1) is 24.0 Å². The predicted molar refractivity (Wildman–Crippen MR) is 156 cm³/mol. The Labute approximate surface area is 247 Å². The van der Waals surface area contributed by atoms with Crippen LogP contribution in [0.15, 0.2) is 57.5 Å². The molecule has 0 saturated heterocycles. The molecule has 7 nitrogen and oxygen atoms in total. The number of benzene rings is 2. The molecule has 0 saturated carbocycles. The van der Waals surface area contributed by atoms with E-state index in [1.165, 1.54) is 14.2 Å². The van der Waals surface area contributed by atoms with Gasteiger partial charge in [-0.25, -0.2) is 0 Å². The topological polar surface area (TPSA) is 114 Å². The van der Waals surface area contributed by atoms with Crippen molar-refractivity contribution >= 4 is 73.8 Å². The number of hydrogen-bond donors (Lipinski definition) is 1. The van der Waals surface area contributed by atoms with E-state index in [0.717, 1.165) is 20.1 Å². The molecule has 0 fully saturated rings. The van der Waals surface area contributed by atoms with Crippen LogP contribution in [0.2, 0.25) is 0 Å². The summed E-state index contributed by atoms with van der Waals surface area (Å²) in [7, 11) is 2.70. The molecule has 0 heterocycles. The molecular weight excluding hydrogens is 653 g/mol. The second-order valence-electron chi connectivity index (χ2n) is 8.62. The molecule has 208 valence electrons. The van der Waals surface area contributed by atoms with Gasteiger partial charge in [0.05, 0.1) is 38.9 Å². The molecule has 37 heavy (non-hydrogen) atoms. The van der Waals surface area contributed by atoms with Crippen LogP contribution in [0.3, 0.4) is 0 Å². The van der Waals surface area contributed by atoms with Crippen LogP contribution in [0.1, 0.15) is 62.5 Å². The number of methoxy groups -OCH3 is 2. The van der Waals surface area contributed by atoms with Crippen LogP contribution in [-0.2, 0) is 28.6 Å². The smallest absolute Gasteiger partial charge is 0.307 e. The van der Waals surface area contributed by atoms with Crippen LogP contribution in [0.4, 0.5) is 0 Å². The number of rotatable bonds is 8. The number of carbonyl (C=O) groups is 3. The highest BCUT2D eigenvalue weighted by Gasteiger charge is 2.24. The van der Waals surface area contributed by atoms with Gasteiger partial charge in [-0.3, -0.25) is 14.4 Å². The van der Waals surface area contributed by atoms with Crippen molar-refractivity contribution in [2.24, 2.45) is 0 Å². The Hall–Kier alpha value is -1.65. The Morgan fingerprint density at radius 3 is 1.54 bits per heavy atom. The fourth-order valence-electron chi connectivity index (χ4n) is 2.93. The van der Waals surface area contributed by atoms with Crippen molar-refractivity contribution in [1.29, 1.82) is 0 Å². The number of esters is 3. The standard InChI is InChI=1S/C16H21BrO4.C10H10BrClO2.ClH.H3N/c1-16(2,3)21-15(19)10-12(9-14(18)20-4)11-5-7-13(17)8-6-11;1-14-10(13)6-9(12)7-2-4-8(11)5-3-7;;/h5-8,12H,9-10H2,1-4H3;2-5,9H,6H2,1H3;1H;1H3/t12-;9-;;/m01../s1. The lowest BCUT2D eigenvalue weighted by atomic mass is 9.92. The maximum absolute atomic E-state index is 12.0. The molecule has 0 aliphatic heterocycles. The molecule has 0 amide bonds. The van der Waals surface area contributed by atoms with E-state index >= 15 is 0 Å². The largest absolute Gasteiger partial charge is 0.469 e. The monoisotopic (exact) mass is 685 g/mol. The van der Waals surface area contributed by atoms with E-state index in [9.17, 15) is 14.4 Å². The molecule has 2 aromatic carbocycles. The van der Waals surface area contributed by atoms with E-state index in [-0.39, 0.29) is 67.0 Å². The summed E-state index contributed by atoms with van der Waals surface area (Å²) in [4.78, 5) is 34.5. The molecule has 2 atom stereocenters. The Bertz CT molecular complexity index is 967. The molecular formula is C26H35Br2Cl2NO6. The van der Waals surface area contributed by atoms with Gasteiger partial charge in [0.1, 0.15) is 5.60 Å². The summed E-state index contributed by atoms with van der Waals surface area (Å²) in [6.07, 6.45) is 0.491. The summed E-state index contributed by atoms with van der Waals surface area (Å²) in [5.41, 5.74) is 1.29. The van der Waals surface area contributed by atoms with Crippen LogP contribution < -0.4 is 6.15 Å². The predicted octanol–water partition coefficient (Wildman–Crippen LogP) is 7.70. The maximum Gasteiger partial charge on any atom is 0.307 e. The second-order valence-corrected chi connectivity index (χ2v) is 11.0. The first-order chi connectivity index (χ1) is 16.3. The molecule has 0 aliphatic rings. The van der Waals surface area contributed by atoms with Crippen LogP contribution in [0.5, 0.6) is 0 Å². The van der Waals surface area contributed by atoms with Crippen molar-refractivity contribution in [2.45, 2.75) is 56.9 Å². The summed E-state index contributed by atoms with van der Waals surface area (Å²) in [6, 6.07) is 15.1. The van der Waals surface area contributed by atoms with Gasteiger partial charge < -0.3 is 20.4 Å². The van der Waals surface area contributed by atoms with Crippen molar-refractivity contribution in [3.8, 4) is 0 Å². The Balaban J connectivity index is 0. The summed E-state index contributed by atoms with van der Waals surface area (Å²) in [5.74, 6) is -1.21.